The van der Waals surface area contributed by atoms with Crippen molar-refractivity contribution in [2.45, 2.75) is 6.54 Å². The number of nitrogens with one attached hydrogen (secondary N) is 2. The molecule has 1 amide bonds. The Kier molecular flexibility index (Phi) is 5.27. The first-order valence-electron chi connectivity index (χ1n) is 8.45. The summed E-state index contributed by atoms with van der Waals surface area (Å²) in [6.45, 7) is 0.318. The molecule has 0 bridgehead atoms. The number of anilines is 1. The molecule has 0 spiro atoms. The van der Waals surface area contributed by atoms with Crippen molar-refractivity contribution < 1.29 is 9.97 Å². The summed E-state index contributed by atoms with van der Waals surface area (Å²) in [6, 6.07) is 11.0. The SMILES string of the molecule is O=C(NCc1cn(-c2ccc(N3C=CC=C[NH+]3[O-])cc2)cn1)c1ccc(Cl)s1. The molecule has 1 aromatic carbocycles. The van der Waals surface area contributed by atoms with Crippen molar-refractivity contribution >= 4 is 34.5 Å². The lowest BCUT2D eigenvalue weighted by Crippen LogP contribution is -3.10. The number of quaternary nitrogens is 1. The number of carbonyl (C=O) groups excluding carboxylic acids is 1. The number of aromatic nitrogens is 2. The van der Waals surface area contributed by atoms with Crippen LogP contribution in [0.5, 0.6) is 0 Å². The molecule has 3 aromatic rings. The number of benzene rings is 1. The van der Waals surface area contributed by atoms with E-state index in [-0.39, 0.29) is 11.1 Å². The maximum atomic E-state index is 12.1. The van der Waals surface area contributed by atoms with Crippen molar-refractivity contribution in [3.8, 4) is 5.69 Å². The average Bonchev–Trinajstić information content (AvgIpc) is 3.36. The van der Waals surface area contributed by atoms with Crippen LogP contribution >= 0.6 is 22.9 Å². The van der Waals surface area contributed by atoms with Crippen LogP contribution in [-0.4, -0.2) is 15.5 Å². The second-order valence-corrected chi connectivity index (χ2v) is 7.70. The van der Waals surface area contributed by atoms with Gasteiger partial charge in [-0.1, -0.05) is 11.6 Å². The van der Waals surface area contributed by atoms with Crippen LogP contribution in [0, 0.1) is 5.21 Å². The Morgan fingerprint density at radius 2 is 1.96 bits per heavy atom. The lowest BCUT2D eigenvalue weighted by molar-refractivity contribution is -0.796. The fourth-order valence-corrected chi connectivity index (χ4v) is 3.68. The Labute approximate surface area is 170 Å². The summed E-state index contributed by atoms with van der Waals surface area (Å²) < 4.78 is 2.44. The lowest BCUT2D eigenvalue weighted by Gasteiger charge is -2.31. The van der Waals surface area contributed by atoms with Crippen LogP contribution in [-0.2, 0) is 6.54 Å². The van der Waals surface area contributed by atoms with E-state index in [0.717, 1.165) is 17.1 Å². The third-order valence-electron chi connectivity index (χ3n) is 4.11. The van der Waals surface area contributed by atoms with Crippen molar-refractivity contribution in [2.75, 3.05) is 5.01 Å². The summed E-state index contributed by atoms with van der Waals surface area (Å²) in [4.78, 5) is 17.0. The summed E-state index contributed by atoms with van der Waals surface area (Å²) >= 11 is 7.09. The Balaban J connectivity index is 1.40. The number of nitrogens with zero attached hydrogens (tertiary/aromatic N) is 3. The molecule has 0 saturated heterocycles. The zero-order valence-corrected chi connectivity index (χ0v) is 16.2. The van der Waals surface area contributed by atoms with E-state index in [2.05, 4.69) is 10.3 Å². The molecule has 28 heavy (non-hydrogen) atoms. The predicted octanol–water partition coefficient (Wildman–Crippen LogP) is 2.66. The Morgan fingerprint density at radius 1 is 1.18 bits per heavy atom. The monoisotopic (exact) mass is 413 g/mol. The van der Waals surface area contributed by atoms with Gasteiger partial charge in [-0.05, 0) is 48.6 Å². The van der Waals surface area contributed by atoms with Crippen LogP contribution < -0.4 is 15.5 Å². The van der Waals surface area contributed by atoms with Crippen LogP contribution in [0.2, 0.25) is 4.34 Å². The van der Waals surface area contributed by atoms with Gasteiger partial charge in [-0.3, -0.25) is 4.79 Å². The predicted molar refractivity (Wildman–Crippen MR) is 109 cm³/mol. The maximum Gasteiger partial charge on any atom is 0.261 e. The largest absolute Gasteiger partial charge is 0.603 e. The summed E-state index contributed by atoms with van der Waals surface area (Å²) in [5, 5.41) is 16.2. The molecule has 1 atom stereocenters. The number of imidazole rings is 1. The van der Waals surface area contributed by atoms with Gasteiger partial charge in [0.1, 0.15) is 6.20 Å². The summed E-state index contributed by atoms with van der Waals surface area (Å²) in [7, 11) is 0. The first kappa shape index (κ1) is 18.5. The molecule has 1 aliphatic rings. The minimum absolute atomic E-state index is 0.0806. The fraction of sp³-hybridized carbons (Fsp3) is 0.0526. The molecule has 0 aliphatic carbocycles. The van der Waals surface area contributed by atoms with Gasteiger partial charge in [-0.2, -0.15) is 5.01 Å². The molecule has 0 radical (unpaired) electrons. The fourth-order valence-electron chi connectivity index (χ4n) is 2.72. The highest BCUT2D eigenvalue weighted by Gasteiger charge is 2.12. The first-order valence-corrected chi connectivity index (χ1v) is 9.64. The molecule has 2 N–H and O–H groups in total. The molecule has 0 fully saturated rings. The van der Waals surface area contributed by atoms with Crippen molar-refractivity contribution in [3.05, 3.63) is 93.6 Å². The average molecular weight is 414 g/mol. The molecule has 2 aromatic heterocycles. The molecular formula is C19H16ClN5O2S. The highest BCUT2D eigenvalue weighted by Crippen LogP contribution is 2.21. The standard InChI is InChI=1S/C19H16ClN5O2S/c20-18-8-7-17(28-18)19(26)21-11-14-12-23(13-22-14)15-3-5-16(6-4-15)24-9-1-2-10-25(24)27/h1-10,12-13,25H,11H2,(H,21,26). The quantitative estimate of drug-likeness (QED) is 0.630. The van der Waals surface area contributed by atoms with E-state index in [1.54, 1.807) is 35.7 Å². The van der Waals surface area contributed by atoms with E-state index < -0.39 is 0 Å². The molecule has 9 heteroatoms. The number of halogens is 1. The van der Waals surface area contributed by atoms with Gasteiger partial charge in [0, 0.05) is 11.9 Å². The van der Waals surface area contributed by atoms with E-state index in [1.807, 2.05) is 41.1 Å². The van der Waals surface area contributed by atoms with Gasteiger partial charge in [0.15, 0.2) is 0 Å². The van der Waals surface area contributed by atoms with Crippen LogP contribution in [0.15, 0.2) is 73.5 Å². The zero-order valence-electron chi connectivity index (χ0n) is 14.6. The second-order valence-electron chi connectivity index (χ2n) is 5.98. The number of rotatable bonds is 5. The molecule has 1 unspecified atom stereocenters. The molecule has 7 nitrogen and oxygen atoms in total. The topological polar surface area (TPSA) is 77.7 Å². The summed E-state index contributed by atoms with van der Waals surface area (Å²) in [5.41, 5.74) is 2.43. The van der Waals surface area contributed by atoms with Gasteiger partial charge in [-0.15, -0.1) is 11.3 Å². The van der Waals surface area contributed by atoms with Gasteiger partial charge in [-0.25, -0.2) is 10.2 Å². The van der Waals surface area contributed by atoms with Crippen LogP contribution in [0.25, 0.3) is 5.69 Å². The zero-order chi connectivity index (χ0) is 19.5. The lowest BCUT2D eigenvalue weighted by atomic mass is 10.2. The highest BCUT2D eigenvalue weighted by molar-refractivity contribution is 7.17. The van der Waals surface area contributed by atoms with Gasteiger partial charge in [0.2, 0.25) is 0 Å². The van der Waals surface area contributed by atoms with Gasteiger partial charge < -0.3 is 15.1 Å². The van der Waals surface area contributed by atoms with Crippen molar-refractivity contribution in [2.24, 2.45) is 0 Å². The maximum absolute atomic E-state index is 12.1. The third-order valence-corrected chi connectivity index (χ3v) is 5.34. The van der Waals surface area contributed by atoms with Gasteiger partial charge >= 0.3 is 0 Å². The molecular weight excluding hydrogens is 398 g/mol. The minimum atomic E-state index is -0.177. The first-order chi connectivity index (χ1) is 13.6. The Bertz CT molecular complexity index is 1040. The molecule has 3 heterocycles. The molecule has 0 saturated carbocycles. The van der Waals surface area contributed by atoms with E-state index >= 15 is 0 Å². The number of allylic oxidation sites excluding steroid dienone is 2. The van der Waals surface area contributed by atoms with E-state index in [1.165, 1.54) is 17.5 Å². The normalized spacial score (nSPS) is 15.8. The smallest absolute Gasteiger partial charge is 0.261 e. The molecule has 142 valence electrons. The molecule has 4 rings (SSSR count). The second kappa shape index (κ2) is 7.99. The Hall–Kier alpha value is -2.91. The van der Waals surface area contributed by atoms with Crippen molar-refractivity contribution in [1.82, 2.24) is 14.9 Å². The summed E-state index contributed by atoms with van der Waals surface area (Å²) in [6.07, 6.45) is 10.3. The highest BCUT2D eigenvalue weighted by atomic mass is 35.5. The number of amides is 1. The Morgan fingerprint density at radius 3 is 2.68 bits per heavy atom. The van der Waals surface area contributed by atoms with Crippen molar-refractivity contribution in [1.29, 1.82) is 0 Å². The number of hydroxylamine groups is 1. The summed E-state index contributed by atoms with van der Waals surface area (Å²) in [5.74, 6) is -0.177. The van der Waals surface area contributed by atoms with E-state index in [4.69, 9.17) is 11.6 Å². The number of thiophene rings is 1. The minimum Gasteiger partial charge on any atom is -0.603 e. The van der Waals surface area contributed by atoms with Gasteiger partial charge in [0.05, 0.1) is 39.7 Å². The number of hydrogen-bond acceptors (Lipinski definition) is 5. The van der Waals surface area contributed by atoms with Crippen LogP contribution in [0.3, 0.4) is 0 Å². The molecule has 1 aliphatic heterocycles. The van der Waals surface area contributed by atoms with E-state index in [0.29, 0.717) is 15.8 Å². The van der Waals surface area contributed by atoms with Gasteiger partial charge in [0.25, 0.3) is 5.91 Å². The third kappa shape index (κ3) is 4.00. The number of hydrogen-bond donors (Lipinski definition) is 2. The number of carbonyl (C=O) groups is 1. The van der Waals surface area contributed by atoms with Crippen LogP contribution in [0.4, 0.5) is 5.69 Å². The van der Waals surface area contributed by atoms with E-state index in [9.17, 15) is 10.0 Å². The van der Waals surface area contributed by atoms with Crippen LogP contribution in [0.1, 0.15) is 15.4 Å². The van der Waals surface area contributed by atoms with Crippen molar-refractivity contribution in [3.63, 3.8) is 0 Å².